The first-order valence-corrected chi connectivity index (χ1v) is 7.72. The van der Waals surface area contributed by atoms with Crippen LogP contribution in [0.4, 0.5) is 0 Å². The topological polar surface area (TPSA) is 27.7 Å². The highest BCUT2D eigenvalue weighted by atomic mass is 35.5. The SMILES string of the molecule is CCCCOC1COC(C2CCC(Cl)CC2)OC1. The average Bonchev–Trinajstić information content (AvgIpc) is 2.41. The van der Waals surface area contributed by atoms with Gasteiger partial charge in [-0.25, -0.2) is 0 Å². The maximum Gasteiger partial charge on any atom is 0.160 e. The number of halogens is 1. The molecule has 1 aliphatic heterocycles. The van der Waals surface area contributed by atoms with E-state index in [4.69, 9.17) is 25.8 Å². The van der Waals surface area contributed by atoms with Crippen molar-refractivity contribution in [2.45, 2.75) is 63.2 Å². The Bertz CT molecular complexity index is 221. The molecule has 0 unspecified atom stereocenters. The number of alkyl halides is 1. The van der Waals surface area contributed by atoms with Gasteiger partial charge in [0.05, 0.1) is 13.2 Å². The highest BCUT2D eigenvalue weighted by molar-refractivity contribution is 6.20. The Morgan fingerprint density at radius 2 is 1.78 bits per heavy atom. The molecule has 0 atom stereocenters. The van der Waals surface area contributed by atoms with Crippen LogP contribution < -0.4 is 0 Å². The van der Waals surface area contributed by atoms with Crippen LogP contribution in [0.2, 0.25) is 0 Å². The molecule has 1 saturated heterocycles. The molecule has 0 N–H and O–H groups in total. The van der Waals surface area contributed by atoms with E-state index in [0.29, 0.717) is 24.5 Å². The maximum absolute atomic E-state index is 6.11. The molecular formula is C14H25ClO3. The minimum absolute atomic E-state index is 0.0276. The van der Waals surface area contributed by atoms with Crippen LogP contribution >= 0.6 is 11.6 Å². The highest BCUT2D eigenvalue weighted by Crippen LogP contribution is 2.32. The zero-order valence-electron chi connectivity index (χ0n) is 11.3. The lowest BCUT2D eigenvalue weighted by Crippen LogP contribution is -2.42. The Morgan fingerprint density at radius 1 is 1.11 bits per heavy atom. The monoisotopic (exact) mass is 276 g/mol. The van der Waals surface area contributed by atoms with Gasteiger partial charge in [-0.15, -0.1) is 11.6 Å². The molecule has 0 spiro atoms. The lowest BCUT2D eigenvalue weighted by Gasteiger charge is -2.36. The Kier molecular flexibility index (Phi) is 6.22. The first kappa shape index (κ1) is 14.6. The minimum Gasteiger partial charge on any atom is -0.373 e. The Morgan fingerprint density at radius 3 is 2.39 bits per heavy atom. The standard InChI is InChI=1S/C14H25ClO3/c1-2-3-8-16-13-9-17-14(18-10-13)11-4-6-12(15)7-5-11/h11-14H,2-10H2,1H3. The van der Waals surface area contributed by atoms with Gasteiger partial charge < -0.3 is 14.2 Å². The molecule has 2 aliphatic rings. The molecule has 106 valence electrons. The van der Waals surface area contributed by atoms with Gasteiger partial charge in [-0.1, -0.05) is 13.3 Å². The fourth-order valence-electron chi connectivity index (χ4n) is 2.61. The zero-order chi connectivity index (χ0) is 12.8. The predicted octanol–water partition coefficient (Wildman–Crippen LogP) is 3.34. The third-order valence-electron chi connectivity index (χ3n) is 3.83. The molecule has 3 nitrogen and oxygen atoms in total. The molecule has 18 heavy (non-hydrogen) atoms. The summed E-state index contributed by atoms with van der Waals surface area (Å²) in [5, 5.41) is 0.356. The van der Waals surface area contributed by atoms with E-state index in [1.807, 2.05) is 0 Å². The molecule has 2 rings (SSSR count). The minimum atomic E-state index is -0.0276. The molecule has 1 heterocycles. The fourth-order valence-corrected chi connectivity index (χ4v) is 2.87. The molecule has 0 aromatic rings. The normalized spacial score (nSPS) is 37.7. The number of unbranched alkanes of at least 4 members (excludes halogenated alkanes) is 1. The van der Waals surface area contributed by atoms with Gasteiger partial charge in [-0.2, -0.15) is 0 Å². The third kappa shape index (κ3) is 4.37. The molecule has 1 aliphatic carbocycles. The summed E-state index contributed by atoms with van der Waals surface area (Å²) in [6.45, 7) is 4.33. The summed E-state index contributed by atoms with van der Waals surface area (Å²) in [6.07, 6.45) is 6.80. The highest BCUT2D eigenvalue weighted by Gasteiger charge is 2.32. The average molecular weight is 277 g/mol. The molecular weight excluding hydrogens is 252 g/mol. The van der Waals surface area contributed by atoms with Crippen molar-refractivity contribution in [3.63, 3.8) is 0 Å². The van der Waals surface area contributed by atoms with Crippen molar-refractivity contribution in [2.24, 2.45) is 5.92 Å². The summed E-state index contributed by atoms with van der Waals surface area (Å²) >= 11 is 6.11. The summed E-state index contributed by atoms with van der Waals surface area (Å²) in [6, 6.07) is 0. The Balaban J connectivity index is 1.63. The fraction of sp³-hybridized carbons (Fsp3) is 1.00. The van der Waals surface area contributed by atoms with Crippen molar-refractivity contribution < 1.29 is 14.2 Å². The van der Waals surface area contributed by atoms with Crippen molar-refractivity contribution in [1.82, 2.24) is 0 Å². The molecule has 0 aromatic carbocycles. The van der Waals surface area contributed by atoms with Crippen LogP contribution in [0.1, 0.15) is 45.4 Å². The van der Waals surface area contributed by atoms with E-state index in [2.05, 4.69) is 6.92 Å². The van der Waals surface area contributed by atoms with Gasteiger partial charge in [0, 0.05) is 17.9 Å². The number of ether oxygens (including phenoxy) is 3. The van der Waals surface area contributed by atoms with E-state index in [1.165, 1.54) is 6.42 Å². The first-order chi connectivity index (χ1) is 8.79. The van der Waals surface area contributed by atoms with Crippen molar-refractivity contribution in [1.29, 1.82) is 0 Å². The molecule has 0 bridgehead atoms. The second kappa shape index (κ2) is 7.68. The van der Waals surface area contributed by atoms with Crippen LogP contribution in [-0.2, 0) is 14.2 Å². The predicted molar refractivity (Wildman–Crippen MR) is 71.9 cm³/mol. The van der Waals surface area contributed by atoms with E-state index >= 15 is 0 Å². The van der Waals surface area contributed by atoms with E-state index < -0.39 is 0 Å². The Labute approximate surface area is 115 Å². The van der Waals surface area contributed by atoms with Gasteiger partial charge in [-0.05, 0) is 32.1 Å². The van der Waals surface area contributed by atoms with Crippen LogP contribution in [0.25, 0.3) is 0 Å². The first-order valence-electron chi connectivity index (χ1n) is 7.28. The number of rotatable bonds is 5. The van der Waals surface area contributed by atoms with Crippen LogP contribution in [-0.4, -0.2) is 37.6 Å². The van der Waals surface area contributed by atoms with Crippen LogP contribution in [0.5, 0.6) is 0 Å². The lowest BCUT2D eigenvalue weighted by atomic mass is 9.88. The van der Waals surface area contributed by atoms with E-state index in [1.54, 1.807) is 0 Å². The molecule has 1 saturated carbocycles. The molecule has 0 radical (unpaired) electrons. The van der Waals surface area contributed by atoms with Gasteiger partial charge in [0.15, 0.2) is 6.29 Å². The summed E-state index contributed by atoms with van der Waals surface area (Å²) in [5.41, 5.74) is 0. The van der Waals surface area contributed by atoms with Crippen LogP contribution in [0.3, 0.4) is 0 Å². The lowest BCUT2D eigenvalue weighted by molar-refractivity contribution is -0.248. The molecule has 2 fully saturated rings. The van der Waals surface area contributed by atoms with Gasteiger partial charge in [0.25, 0.3) is 0 Å². The number of hydrogen-bond donors (Lipinski definition) is 0. The smallest absolute Gasteiger partial charge is 0.160 e. The summed E-state index contributed by atoms with van der Waals surface area (Å²) in [5.74, 6) is 0.525. The van der Waals surface area contributed by atoms with Crippen molar-refractivity contribution in [2.75, 3.05) is 19.8 Å². The summed E-state index contributed by atoms with van der Waals surface area (Å²) in [4.78, 5) is 0. The quantitative estimate of drug-likeness (QED) is 0.569. The van der Waals surface area contributed by atoms with Crippen molar-refractivity contribution in [3.05, 3.63) is 0 Å². The largest absolute Gasteiger partial charge is 0.373 e. The second-order valence-corrected chi connectivity index (χ2v) is 6.01. The van der Waals surface area contributed by atoms with E-state index in [9.17, 15) is 0 Å². The molecule has 0 amide bonds. The zero-order valence-corrected chi connectivity index (χ0v) is 12.0. The van der Waals surface area contributed by atoms with Crippen LogP contribution in [0.15, 0.2) is 0 Å². The van der Waals surface area contributed by atoms with Crippen LogP contribution in [0, 0.1) is 5.92 Å². The maximum atomic E-state index is 6.11. The van der Waals surface area contributed by atoms with E-state index in [0.717, 1.165) is 38.7 Å². The molecule has 0 aromatic heterocycles. The van der Waals surface area contributed by atoms with Gasteiger partial charge in [-0.3, -0.25) is 0 Å². The van der Waals surface area contributed by atoms with Gasteiger partial charge in [0.1, 0.15) is 6.10 Å². The summed E-state index contributed by atoms with van der Waals surface area (Å²) < 4.78 is 17.3. The number of hydrogen-bond acceptors (Lipinski definition) is 3. The van der Waals surface area contributed by atoms with Gasteiger partial charge in [0.2, 0.25) is 0 Å². The van der Waals surface area contributed by atoms with Crippen molar-refractivity contribution in [3.8, 4) is 0 Å². The molecule has 4 heteroatoms. The Hall–Kier alpha value is 0.170. The van der Waals surface area contributed by atoms with Crippen molar-refractivity contribution >= 4 is 11.6 Å². The second-order valence-electron chi connectivity index (χ2n) is 5.39. The van der Waals surface area contributed by atoms with E-state index in [-0.39, 0.29) is 12.4 Å². The summed E-state index contributed by atoms with van der Waals surface area (Å²) in [7, 11) is 0. The third-order valence-corrected chi connectivity index (χ3v) is 4.27. The van der Waals surface area contributed by atoms with Gasteiger partial charge >= 0.3 is 0 Å².